The summed E-state index contributed by atoms with van der Waals surface area (Å²) in [4.78, 5) is 16.6. The fourth-order valence-electron chi connectivity index (χ4n) is 1.95. The van der Waals surface area contributed by atoms with Crippen LogP contribution >= 0.6 is 11.3 Å². The highest BCUT2D eigenvalue weighted by Crippen LogP contribution is 2.30. The lowest BCUT2D eigenvalue weighted by Gasteiger charge is -1.99. The number of hydrogen-bond acceptors (Lipinski definition) is 2. The third kappa shape index (κ3) is 1.99. The molecule has 1 amide bonds. The topological polar surface area (TPSA) is 34.4 Å². The lowest BCUT2D eigenvalue weighted by molar-refractivity contribution is -0.119. The molecule has 0 aliphatic heterocycles. The summed E-state index contributed by atoms with van der Waals surface area (Å²) >= 11 is 1.37. The predicted octanol–water partition coefficient (Wildman–Crippen LogP) is 2.70. The van der Waals surface area contributed by atoms with Crippen LogP contribution in [0.1, 0.15) is 19.8 Å². The van der Waals surface area contributed by atoms with Crippen LogP contribution in [0.3, 0.4) is 0 Å². The molecule has 1 aliphatic rings. The lowest BCUT2D eigenvalue weighted by Crippen LogP contribution is -2.16. The molecule has 1 fully saturated rings. The largest absolute Gasteiger partial charge is 0.317 e. The fraction of sp³-hybridized carbons (Fsp3) is 0.385. The van der Waals surface area contributed by atoms with Gasteiger partial charge in [0.1, 0.15) is 5.82 Å². The van der Waals surface area contributed by atoms with Crippen LogP contribution in [0, 0.1) is 11.7 Å². The van der Waals surface area contributed by atoms with E-state index in [0.717, 1.165) is 29.6 Å². The Balaban J connectivity index is 2.18. The Kier molecular flexibility index (Phi) is 2.78. The standard InChI is InChI=1S/C13H13FN2OS/c1-2-16-10-6-5-9(14)7-11(10)18-13(16)15-12(17)8-3-4-8/h5-8H,2-4H2,1H3. The van der Waals surface area contributed by atoms with Gasteiger partial charge in [0, 0.05) is 12.5 Å². The van der Waals surface area contributed by atoms with E-state index < -0.39 is 0 Å². The quantitative estimate of drug-likeness (QED) is 0.821. The van der Waals surface area contributed by atoms with Gasteiger partial charge < -0.3 is 4.57 Å². The molecule has 1 aromatic heterocycles. The molecule has 1 aliphatic carbocycles. The van der Waals surface area contributed by atoms with E-state index in [0.29, 0.717) is 4.80 Å². The van der Waals surface area contributed by atoms with Gasteiger partial charge in [-0.1, -0.05) is 11.3 Å². The number of aryl methyl sites for hydroxylation is 1. The summed E-state index contributed by atoms with van der Waals surface area (Å²) < 4.78 is 16.0. The van der Waals surface area contributed by atoms with Crippen molar-refractivity contribution in [2.24, 2.45) is 10.9 Å². The van der Waals surface area contributed by atoms with Gasteiger partial charge in [-0.15, -0.1) is 0 Å². The van der Waals surface area contributed by atoms with Crippen molar-refractivity contribution in [3.05, 3.63) is 28.8 Å². The van der Waals surface area contributed by atoms with Crippen molar-refractivity contribution >= 4 is 27.5 Å². The lowest BCUT2D eigenvalue weighted by atomic mass is 10.3. The second kappa shape index (κ2) is 4.31. The van der Waals surface area contributed by atoms with Crippen LogP contribution in [0.5, 0.6) is 0 Å². The van der Waals surface area contributed by atoms with Crippen molar-refractivity contribution in [3.63, 3.8) is 0 Å². The number of halogens is 1. The first-order valence-electron chi connectivity index (χ1n) is 6.06. The molecule has 3 rings (SSSR count). The predicted molar refractivity (Wildman–Crippen MR) is 68.7 cm³/mol. The highest BCUT2D eigenvalue weighted by molar-refractivity contribution is 7.16. The molecule has 18 heavy (non-hydrogen) atoms. The molecule has 0 N–H and O–H groups in total. The summed E-state index contributed by atoms with van der Waals surface area (Å²) in [6.45, 7) is 2.72. The normalized spacial score (nSPS) is 16.4. The van der Waals surface area contributed by atoms with Gasteiger partial charge in [-0.3, -0.25) is 4.79 Å². The van der Waals surface area contributed by atoms with E-state index in [1.54, 1.807) is 6.07 Å². The van der Waals surface area contributed by atoms with E-state index in [-0.39, 0.29) is 17.6 Å². The summed E-state index contributed by atoms with van der Waals surface area (Å²) in [5.74, 6) is -0.173. The summed E-state index contributed by atoms with van der Waals surface area (Å²) in [5.41, 5.74) is 0.936. The second-order valence-electron chi connectivity index (χ2n) is 4.47. The van der Waals surface area contributed by atoms with E-state index in [4.69, 9.17) is 0 Å². The molecular formula is C13H13FN2OS. The van der Waals surface area contributed by atoms with Crippen molar-refractivity contribution in [2.75, 3.05) is 0 Å². The number of amides is 1. The van der Waals surface area contributed by atoms with Gasteiger partial charge >= 0.3 is 0 Å². The summed E-state index contributed by atoms with van der Waals surface area (Å²) in [7, 11) is 0. The number of benzene rings is 1. The van der Waals surface area contributed by atoms with Crippen LogP contribution in [0.15, 0.2) is 23.2 Å². The first-order chi connectivity index (χ1) is 8.69. The van der Waals surface area contributed by atoms with Crippen LogP contribution in [0.4, 0.5) is 4.39 Å². The summed E-state index contributed by atoms with van der Waals surface area (Å²) in [6.07, 6.45) is 1.90. The minimum Gasteiger partial charge on any atom is -0.317 e. The summed E-state index contributed by atoms with van der Waals surface area (Å²) in [5, 5.41) is 0. The second-order valence-corrected chi connectivity index (χ2v) is 5.47. The number of aromatic nitrogens is 1. The third-order valence-electron chi connectivity index (χ3n) is 3.09. The van der Waals surface area contributed by atoms with Crippen LogP contribution < -0.4 is 4.80 Å². The zero-order valence-electron chi connectivity index (χ0n) is 10.0. The fourth-order valence-corrected chi connectivity index (χ4v) is 3.08. The van der Waals surface area contributed by atoms with E-state index in [9.17, 15) is 9.18 Å². The molecule has 0 unspecified atom stereocenters. The number of rotatable bonds is 2. The first kappa shape index (κ1) is 11.6. The van der Waals surface area contributed by atoms with Crippen LogP contribution in [0.25, 0.3) is 10.2 Å². The van der Waals surface area contributed by atoms with Gasteiger partial charge in [0.05, 0.1) is 10.2 Å². The minimum atomic E-state index is -0.257. The number of fused-ring (bicyclic) bond motifs is 1. The Labute approximate surface area is 108 Å². The van der Waals surface area contributed by atoms with Gasteiger partial charge in [0.2, 0.25) is 0 Å². The Morgan fingerprint density at radius 2 is 2.33 bits per heavy atom. The highest BCUT2D eigenvalue weighted by atomic mass is 32.1. The molecule has 5 heteroatoms. The molecule has 0 bridgehead atoms. The zero-order chi connectivity index (χ0) is 12.7. The maximum absolute atomic E-state index is 13.2. The van der Waals surface area contributed by atoms with Gasteiger partial charge in [0.15, 0.2) is 4.80 Å². The van der Waals surface area contributed by atoms with E-state index in [2.05, 4.69) is 4.99 Å². The molecule has 0 spiro atoms. The highest BCUT2D eigenvalue weighted by Gasteiger charge is 2.29. The van der Waals surface area contributed by atoms with E-state index >= 15 is 0 Å². The zero-order valence-corrected chi connectivity index (χ0v) is 10.8. The average Bonchev–Trinajstić information content (AvgIpc) is 3.12. The molecule has 1 saturated carbocycles. The van der Waals surface area contributed by atoms with E-state index in [1.807, 2.05) is 11.5 Å². The first-order valence-corrected chi connectivity index (χ1v) is 6.88. The van der Waals surface area contributed by atoms with Crippen molar-refractivity contribution in [1.29, 1.82) is 0 Å². The maximum atomic E-state index is 13.2. The average molecular weight is 264 g/mol. The van der Waals surface area contributed by atoms with Crippen molar-refractivity contribution in [3.8, 4) is 0 Å². The smallest absolute Gasteiger partial charge is 0.251 e. The van der Waals surface area contributed by atoms with Crippen LogP contribution in [-0.2, 0) is 11.3 Å². The molecule has 3 nitrogen and oxygen atoms in total. The van der Waals surface area contributed by atoms with Crippen molar-refractivity contribution < 1.29 is 9.18 Å². The molecule has 1 heterocycles. The number of hydrogen-bond donors (Lipinski definition) is 0. The Hall–Kier alpha value is -1.49. The van der Waals surface area contributed by atoms with Crippen molar-refractivity contribution in [2.45, 2.75) is 26.3 Å². The Morgan fingerprint density at radius 3 is 3.00 bits per heavy atom. The van der Waals surface area contributed by atoms with Crippen molar-refractivity contribution in [1.82, 2.24) is 4.57 Å². The molecule has 1 aromatic carbocycles. The summed E-state index contributed by atoms with van der Waals surface area (Å²) in [6, 6.07) is 4.67. The number of carbonyl (C=O) groups excluding carboxylic acids is 1. The molecule has 94 valence electrons. The van der Waals surface area contributed by atoms with E-state index in [1.165, 1.54) is 23.5 Å². The monoisotopic (exact) mass is 264 g/mol. The third-order valence-corrected chi connectivity index (χ3v) is 4.13. The van der Waals surface area contributed by atoms with Crippen LogP contribution in [0.2, 0.25) is 0 Å². The Bertz CT molecular complexity index is 682. The minimum absolute atomic E-state index is 0.0378. The molecular weight excluding hydrogens is 251 g/mol. The van der Waals surface area contributed by atoms with Gasteiger partial charge in [-0.25, -0.2) is 4.39 Å². The van der Waals surface area contributed by atoms with Gasteiger partial charge in [-0.2, -0.15) is 4.99 Å². The number of carbonyl (C=O) groups is 1. The molecule has 0 saturated heterocycles. The van der Waals surface area contributed by atoms with Gasteiger partial charge in [0.25, 0.3) is 5.91 Å². The van der Waals surface area contributed by atoms with Gasteiger partial charge in [-0.05, 0) is 38.0 Å². The number of thiazole rings is 1. The number of nitrogens with zero attached hydrogens (tertiary/aromatic N) is 2. The SMILES string of the molecule is CCn1c(=NC(=O)C2CC2)sc2cc(F)ccc21. The molecule has 0 radical (unpaired) electrons. The maximum Gasteiger partial charge on any atom is 0.251 e. The van der Waals surface area contributed by atoms with Crippen LogP contribution in [-0.4, -0.2) is 10.5 Å². The Morgan fingerprint density at radius 1 is 1.56 bits per heavy atom. The molecule has 0 atom stereocenters. The molecule has 2 aromatic rings.